The van der Waals surface area contributed by atoms with Gasteiger partial charge in [-0.1, -0.05) is 0 Å². The number of carbonyl (C=O) groups is 1. The molecule has 1 aliphatic rings. The van der Waals surface area contributed by atoms with Gasteiger partial charge in [0.15, 0.2) is 0 Å². The molecule has 1 amide bonds. The zero-order valence-electron chi connectivity index (χ0n) is 10.4. The lowest BCUT2D eigenvalue weighted by atomic mass is 10.1. The van der Waals surface area contributed by atoms with Crippen LogP contribution in [0.15, 0.2) is 24.3 Å². The van der Waals surface area contributed by atoms with Crippen LogP contribution in [-0.4, -0.2) is 31.6 Å². The Morgan fingerprint density at radius 1 is 1.29 bits per heavy atom. The number of carbonyl (C=O) groups excluding carboxylic acids is 1. The van der Waals surface area contributed by atoms with E-state index in [2.05, 4.69) is 30.9 Å². The highest BCUT2D eigenvalue weighted by molar-refractivity contribution is 6.03. The first-order chi connectivity index (χ1) is 8.17. The lowest BCUT2D eigenvalue weighted by Crippen LogP contribution is -2.61. The molecular formula is C13H19N3O. The Kier molecular flexibility index (Phi) is 3.33. The van der Waals surface area contributed by atoms with Crippen LogP contribution in [-0.2, 0) is 4.79 Å². The summed E-state index contributed by atoms with van der Waals surface area (Å²) in [5, 5.41) is 0. The van der Waals surface area contributed by atoms with Crippen LogP contribution in [0.5, 0.6) is 0 Å². The van der Waals surface area contributed by atoms with Crippen LogP contribution < -0.4 is 15.5 Å². The summed E-state index contributed by atoms with van der Waals surface area (Å²) in [6.07, 6.45) is 0. The van der Waals surface area contributed by atoms with Gasteiger partial charge in [0.25, 0.3) is 0 Å². The van der Waals surface area contributed by atoms with Crippen LogP contribution in [0, 0.1) is 0 Å². The molecule has 1 aliphatic heterocycles. The molecule has 0 bridgehead atoms. The van der Waals surface area contributed by atoms with E-state index < -0.39 is 0 Å². The predicted octanol–water partition coefficient (Wildman–Crippen LogP) is 1.21. The molecule has 0 saturated carbocycles. The number of anilines is 2. The average Bonchev–Trinajstić information content (AvgIpc) is 2.38. The zero-order valence-corrected chi connectivity index (χ0v) is 10.4. The van der Waals surface area contributed by atoms with Gasteiger partial charge in [-0.15, -0.1) is 0 Å². The van der Waals surface area contributed by atoms with E-state index in [1.165, 1.54) is 5.69 Å². The number of nitrogens with two attached hydrogens (primary N) is 1. The number of nitrogens with zero attached hydrogens (tertiary/aromatic N) is 2. The van der Waals surface area contributed by atoms with E-state index in [0.717, 1.165) is 18.8 Å². The Balaban J connectivity index is 2.11. The first-order valence-electron chi connectivity index (χ1n) is 6.09. The summed E-state index contributed by atoms with van der Waals surface area (Å²) < 4.78 is 0. The highest BCUT2D eigenvalue weighted by Crippen LogP contribution is 2.24. The van der Waals surface area contributed by atoms with Crippen molar-refractivity contribution in [2.45, 2.75) is 19.9 Å². The number of hydrogen-bond acceptors (Lipinski definition) is 3. The van der Waals surface area contributed by atoms with Crippen molar-refractivity contribution in [2.24, 2.45) is 5.73 Å². The third kappa shape index (κ3) is 2.13. The molecule has 17 heavy (non-hydrogen) atoms. The molecule has 2 rings (SSSR count). The smallest absolute Gasteiger partial charge is 0.245 e. The van der Waals surface area contributed by atoms with Gasteiger partial charge in [0.2, 0.25) is 5.91 Å². The minimum absolute atomic E-state index is 0.0144. The number of benzene rings is 1. The monoisotopic (exact) mass is 233 g/mol. The van der Waals surface area contributed by atoms with Gasteiger partial charge in [0.1, 0.15) is 6.04 Å². The first-order valence-corrected chi connectivity index (χ1v) is 6.09. The molecule has 1 heterocycles. The largest absolute Gasteiger partial charge is 0.372 e. The van der Waals surface area contributed by atoms with E-state index in [-0.39, 0.29) is 11.9 Å². The molecule has 1 atom stereocenters. The van der Waals surface area contributed by atoms with Crippen LogP contribution in [0.3, 0.4) is 0 Å². The van der Waals surface area contributed by atoms with Crippen LogP contribution in [0.1, 0.15) is 13.8 Å². The fraction of sp³-hybridized carbons (Fsp3) is 0.462. The van der Waals surface area contributed by atoms with Gasteiger partial charge < -0.3 is 15.5 Å². The van der Waals surface area contributed by atoms with E-state index >= 15 is 0 Å². The molecule has 0 spiro atoms. The van der Waals surface area contributed by atoms with Gasteiger partial charge in [-0.05, 0) is 38.1 Å². The summed E-state index contributed by atoms with van der Waals surface area (Å²) >= 11 is 0. The zero-order chi connectivity index (χ0) is 12.4. The second-order valence-electron chi connectivity index (χ2n) is 4.24. The maximum Gasteiger partial charge on any atom is 0.245 e. The topological polar surface area (TPSA) is 49.6 Å². The summed E-state index contributed by atoms with van der Waals surface area (Å²) in [6.45, 7) is 6.88. The van der Waals surface area contributed by atoms with Crippen molar-refractivity contribution in [2.75, 3.05) is 29.4 Å². The van der Waals surface area contributed by atoms with Gasteiger partial charge in [-0.25, -0.2) is 0 Å². The standard InChI is InChI=1S/C13H19N3O/c1-3-15(4-2)10-5-7-11(8-6-10)16-9-12(14)13(16)17/h5-8,12H,3-4,9,14H2,1-2H3. The Bertz CT molecular complexity index is 398. The summed E-state index contributed by atoms with van der Waals surface area (Å²) in [4.78, 5) is 15.5. The van der Waals surface area contributed by atoms with Crippen LogP contribution in [0.4, 0.5) is 11.4 Å². The van der Waals surface area contributed by atoms with Gasteiger partial charge >= 0.3 is 0 Å². The average molecular weight is 233 g/mol. The minimum atomic E-state index is -0.308. The third-order valence-corrected chi connectivity index (χ3v) is 3.25. The minimum Gasteiger partial charge on any atom is -0.372 e. The second kappa shape index (κ2) is 4.75. The maximum absolute atomic E-state index is 11.5. The van der Waals surface area contributed by atoms with Crippen molar-refractivity contribution in [1.82, 2.24) is 0 Å². The van der Waals surface area contributed by atoms with E-state index in [0.29, 0.717) is 6.54 Å². The Labute approximate surface area is 102 Å². The second-order valence-corrected chi connectivity index (χ2v) is 4.24. The normalized spacial score (nSPS) is 19.1. The van der Waals surface area contributed by atoms with E-state index in [1.807, 2.05) is 12.1 Å². The quantitative estimate of drug-likeness (QED) is 0.795. The van der Waals surface area contributed by atoms with Gasteiger partial charge in [-0.3, -0.25) is 4.79 Å². The Morgan fingerprint density at radius 2 is 1.88 bits per heavy atom. The molecule has 0 radical (unpaired) electrons. The number of β-lactam (4-membered cyclic amide) rings is 1. The van der Waals surface area contributed by atoms with Crippen molar-refractivity contribution < 1.29 is 4.79 Å². The molecule has 1 unspecified atom stereocenters. The Morgan fingerprint density at radius 3 is 2.29 bits per heavy atom. The summed E-state index contributed by atoms with van der Waals surface area (Å²) in [6, 6.07) is 7.77. The van der Waals surface area contributed by atoms with Crippen molar-refractivity contribution in [1.29, 1.82) is 0 Å². The van der Waals surface area contributed by atoms with Crippen molar-refractivity contribution in [3.8, 4) is 0 Å². The first kappa shape index (κ1) is 11.9. The lowest BCUT2D eigenvalue weighted by molar-refractivity contribution is -0.123. The fourth-order valence-electron chi connectivity index (χ4n) is 2.12. The summed E-state index contributed by atoms with van der Waals surface area (Å²) in [7, 11) is 0. The molecular weight excluding hydrogens is 214 g/mol. The fourth-order valence-corrected chi connectivity index (χ4v) is 2.12. The maximum atomic E-state index is 11.5. The van der Waals surface area contributed by atoms with Crippen LogP contribution in [0.2, 0.25) is 0 Å². The number of hydrogen-bond donors (Lipinski definition) is 1. The van der Waals surface area contributed by atoms with Crippen molar-refractivity contribution >= 4 is 17.3 Å². The number of amides is 1. The molecule has 1 aromatic rings. The van der Waals surface area contributed by atoms with Crippen molar-refractivity contribution in [3.63, 3.8) is 0 Å². The SMILES string of the molecule is CCN(CC)c1ccc(N2CC(N)C2=O)cc1. The molecule has 1 aromatic carbocycles. The predicted molar refractivity (Wildman–Crippen MR) is 70.3 cm³/mol. The molecule has 0 aromatic heterocycles. The van der Waals surface area contributed by atoms with E-state index in [9.17, 15) is 4.79 Å². The van der Waals surface area contributed by atoms with Gasteiger partial charge in [0, 0.05) is 24.5 Å². The molecule has 1 saturated heterocycles. The molecule has 2 N–H and O–H groups in total. The summed E-state index contributed by atoms with van der Waals surface area (Å²) in [5.74, 6) is 0.0144. The number of rotatable bonds is 4. The Hall–Kier alpha value is -1.55. The highest BCUT2D eigenvalue weighted by atomic mass is 16.2. The molecule has 4 nitrogen and oxygen atoms in total. The van der Waals surface area contributed by atoms with Gasteiger partial charge in [0.05, 0.1) is 6.54 Å². The lowest BCUT2D eigenvalue weighted by Gasteiger charge is -2.36. The summed E-state index contributed by atoms with van der Waals surface area (Å²) in [5.41, 5.74) is 7.70. The van der Waals surface area contributed by atoms with Gasteiger partial charge in [-0.2, -0.15) is 0 Å². The van der Waals surface area contributed by atoms with Crippen LogP contribution >= 0.6 is 0 Å². The van der Waals surface area contributed by atoms with E-state index in [4.69, 9.17) is 5.73 Å². The molecule has 4 heteroatoms. The van der Waals surface area contributed by atoms with Crippen molar-refractivity contribution in [3.05, 3.63) is 24.3 Å². The molecule has 0 aliphatic carbocycles. The van der Waals surface area contributed by atoms with Crippen LogP contribution in [0.25, 0.3) is 0 Å². The van der Waals surface area contributed by atoms with E-state index in [1.54, 1.807) is 4.90 Å². The third-order valence-electron chi connectivity index (χ3n) is 3.25. The highest BCUT2D eigenvalue weighted by Gasteiger charge is 2.34. The molecule has 92 valence electrons. The molecule has 1 fully saturated rings.